The first-order valence-corrected chi connectivity index (χ1v) is 8.13. The Labute approximate surface area is 103 Å². The van der Waals surface area contributed by atoms with Crippen molar-refractivity contribution in [3.05, 3.63) is 0 Å². The summed E-state index contributed by atoms with van der Waals surface area (Å²) in [6.07, 6.45) is 3.27. The summed E-state index contributed by atoms with van der Waals surface area (Å²) in [5.74, 6) is 0.529. The number of rotatable bonds is 3. The molecule has 3 N–H and O–H groups in total. The lowest BCUT2D eigenvalue weighted by Crippen LogP contribution is -2.59. The molecule has 0 unspecified atom stereocenters. The molecular formula is C11H22N2O3S. The van der Waals surface area contributed by atoms with Crippen LogP contribution in [0.15, 0.2) is 0 Å². The van der Waals surface area contributed by atoms with Crippen LogP contribution in [0.25, 0.3) is 0 Å². The van der Waals surface area contributed by atoms with Crippen molar-refractivity contribution >= 4 is 9.84 Å². The Morgan fingerprint density at radius 2 is 1.82 bits per heavy atom. The third kappa shape index (κ3) is 3.40. The second-order valence-electron chi connectivity index (χ2n) is 5.17. The molecule has 17 heavy (non-hydrogen) atoms. The molecule has 2 saturated heterocycles. The molecule has 2 aliphatic rings. The van der Waals surface area contributed by atoms with E-state index in [4.69, 9.17) is 10.5 Å². The molecule has 0 atom stereocenters. The van der Waals surface area contributed by atoms with Gasteiger partial charge in [0.25, 0.3) is 0 Å². The summed E-state index contributed by atoms with van der Waals surface area (Å²) in [6.45, 7) is 2.09. The Morgan fingerprint density at radius 3 is 2.35 bits per heavy atom. The van der Waals surface area contributed by atoms with Gasteiger partial charge in [-0.1, -0.05) is 0 Å². The second kappa shape index (κ2) is 5.22. The molecule has 0 saturated carbocycles. The molecule has 0 aromatic carbocycles. The fraction of sp³-hybridized carbons (Fsp3) is 1.00. The lowest BCUT2D eigenvalue weighted by Gasteiger charge is -2.41. The van der Waals surface area contributed by atoms with Gasteiger partial charge in [-0.05, 0) is 25.7 Å². The standard InChI is InChI=1S/C11H22N2O3S/c12-9-11(3-7-17(14,15)8-4-11)13-10-1-5-16-6-2-10/h10,13H,1-9,12H2. The first-order valence-electron chi connectivity index (χ1n) is 6.31. The first-order chi connectivity index (χ1) is 8.05. The average molecular weight is 262 g/mol. The summed E-state index contributed by atoms with van der Waals surface area (Å²) in [5, 5.41) is 3.59. The van der Waals surface area contributed by atoms with Gasteiger partial charge in [0.1, 0.15) is 9.84 Å². The molecule has 6 heteroatoms. The molecule has 0 amide bonds. The van der Waals surface area contributed by atoms with E-state index in [9.17, 15) is 8.42 Å². The third-order valence-corrected chi connectivity index (χ3v) is 5.56. The largest absolute Gasteiger partial charge is 0.381 e. The van der Waals surface area contributed by atoms with Gasteiger partial charge in [0.2, 0.25) is 0 Å². The summed E-state index contributed by atoms with van der Waals surface area (Å²) in [6, 6.07) is 0.424. The van der Waals surface area contributed by atoms with Crippen molar-refractivity contribution in [2.24, 2.45) is 5.73 Å². The molecule has 0 spiro atoms. The fourth-order valence-corrected chi connectivity index (χ4v) is 4.22. The monoisotopic (exact) mass is 262 g/mol. The van der Waals surface area contributed by atoms with Crippen LogP contribution in [0.5, 0.6) is 0 Å². The molecule has 100 valence electrons. The Balaban J connectivity index is 1.95. The molecule has 2 fully saturated rings. The Bertz CT molecular complexity index is 336. The summed E-state index contributed by atoms with van der Waals surface area (Å²) in [5.41, 5.74) is 5.68. The first kappa shape index (κ1) is 13.3. The summed E-state index contributed by atoms with van der Waals surface area (Å²) < 4.78 is 28.2. The van der Waals surface area contributed by atoms with Crippen LogP contribution in [0.2, 0.25) is 0 Å². The molecule has 0 bridgehead atoms. The maximum absolute atomic E-state index is 11.5. The van der Waals surface area contributed by atoms with Gasteiger partial charge in [-0.15, -0.1) is 0 Å². The molecule has 0 aromatic rings. The Kier molecular flexibility index (Phi) is 4.07. The number of ether oxygens (including phenoxy) is 1. The van der Waals surface area contributed by atoms with Crippen molar-refractivity contribution in [2.75, 3.05) is 31.3 Å². The van der Waals surface area contributed by atoms with Gasteiger partial charge < -0.3 is 15.8 Å². The number of nitrogens with two attached hydrogens (primary N) is 1. The fourth-order valence-electron chi connectivity index (χ4n) is 2.61. The van der Waals surface area contributed by atoms with Crippen LogP contribution in [0.4, 0.5) is 0 Å². The number of nitrogens with one attached hydrogen (secondary N) is 1. The summed E-state index contributed by atoms with van der Waals surface area (Å²) >= 11 is 0. The van der Waals surface area contributed by atoms with E-state index in [2.05, 4.69) is 5.32 Å². The molecule has 0 aromatic heterocycles. The summed E-state index contributed by atoms with van der Waals surface area (Å²) in [4.78, 5) is 0. The van der Waals surface area contributed by atoms with E-state index in [1.807, 2.05) is 0 Å². The predicted octanol–water partition coefficient (Wildman–Crippen LogP) is -0.339. The molecule has 5 nitrogen and oxygen atoms in total. The Morgan fingerprint density at radius 1 is 1.24 bits per heavy atom. The highest BCUT2D eigenvalue weighted by molar-refractivity contribution is 7.91. The lowest BCUT2D eigenvalue weighted by atomic mass is 9.90. The minimum atomic E-state index is -2.82. The van der Waals surface area contributed by atoms with E-state index >= 15 is 0 Å². The van der Waals surface area contributed by atoms with Crippen LogP contribution < -0.4 is 11.1 Å². The zero-order valence-electron chi connectivity index (χ0n) is 10.2. The van der Waals surface area contributed by atoms with Gasteiger partial charge in [0.15, 0.2) is 0 Å². The molecule has 2 heterocycles. The van der Waals surface area contributed by atoms with Crippen LogP contribution in [0, 0.1) is 0 Å². The highest BCUT2D eigenvalue weighted by Gasteiger charge is 2.37. The van der Waals surface area contributed by atoms with Crippen molar-refractivity contribution in [2.45, 2.75) is 37.3 Å². The maximum atomic E-state index is 11.5. The lowest BCUT2D eigenvalue weighted by molar-refractivity contribution is 0.0667. The maximum Gasteiger partial charge on any atom is 0.150 e. The van der Waals surface area contributed by atoms with Gasteiger partial charge in [-0.2, -0.15) is 0 Å². The second-order valence-corrected chi connectivity index (χ2v) is 7.47. The molecule has 2 aliphatic heterocycles. The van der Waals surface area contributed by atoms with Crippen LogP contribution in [0.3, 0.4) is 0 Å². The van der Waals surface area contributed by atoms with E-state index < -0.39 is 9.84 Å². The SMILES string of the molecule is NCC1(NC2CCOCC2)CCS(=O)(=O)CC1. The predicted molar refractivity (Wildman–Crippen MR) is 66.6 cm³/mol. The van der Waals surface area contributed by atoms with E-state index in [1.54, 1.807) is 0 Å². The van der Waals surface area contributed by atoms with Crippen molar-refractivity contribution in [1.82, 2.24) is 5.32 Å². The number of sulfone groups is 1. The molecule has 2 rings (SSSR count). The van der Waals surface area contributed by atoms with Crippen LogP contribution in [-0.2, 0) is 14.6 Å². The van der Waals surface area contributed by atoms with Crippen LogP contribution in [0.1, 0.15) is 25.7 Å². The highest BCUT2D eigenvalue weighted by Crippen LogP contribution is 2.25. The molecule has 0 aliphatic carbocycles. The van der Waals surface area contributed by atoms with E-state index in [0.717, 1.165) is 26.1 Å². The minimum absolute atomic E-state index is 0.173. The van der Waals surface area contributed by atoms with Gasteiger partial charge in [-0.25, -0.2) is 8.42 Å². The molecule has 0 radical (unpaired) electrons. The van der Waals surface area contributed by atoms with Crippen molar-refractivity contribution in [3.63, 3.8) is 0 Å². The van der Waals surface area contributed by atoms with Crippen molar-refractivity contribution in [3.8, 4) is 0 Å². The average Bonchev–Trinajstić information content (AvgIpc) is 2.34. The number of hydrogen-bond acceptors (Lipinski definition) is 5. The van der Waals surface area contributed by atoms with Crippen LogP contribution in [-0.4, -0.2) is 51.3 Å². The molecular weight excluding hydrogens is 240 g/mol. The smallest absolute Gasteiger partial charge is 0.150 e. The Hall–Kier alpha value is -0.170. The zero-order valence-corrected chi connectivity index (χ0v) is 11.0. The van der Waals surface area contributed by atoms with Gasteiger partial charge >= 0.3 is 0 Å². The van der Waals surface area contributed by atoms with Crippen molar-refractivity contribution in [1.29, 1.82) is 0 Å². The third-order valence-electron chi connectivity index (χ3n) is 3.91. The van der Waals surface area contributed by atoms with Gasteiger partial charge in [-0.3, -0.25) is 0 Å². The highest BCUT2D eigenvalue weighted by atomic mass is 32.2. The topological polar surface area (TPSA) is 81.4 Å². The minimum Gasteiger partial charge on any atom is -0.381 e. The summed E-state index contributed by atoms with van der Waals surface area (Å²) in [7, 11) is -2.82. The van der Waals surface area contributed by atoms with E-state index in [-0.39, 0.29) is 17.0 Å². The zero-order chi connectivity index (χ0) is 12.4. The quantitative estimate of drug-likeness (QED) is 0.727. The van der Waals surface area contributed by atoms with Gasteiger partial charge in [0, 0.05) is 31.3 Å². The number of hydrogen-bond donors (Lipinski definition) is 2. The van der Waals surface area contributed by atoms with Crippen LogP contribution >= 0.6 is 0 Å². The van der Waals surface area contributed by atoms with E-state index in [0.29, 0.717) is 25.4 Å². The normalized spacial score (nSPS) is 29.0. The van der Waals surface area contributed by atoms with Gasteiger partial charge in [0.05, 0.1) is 11.5 Å². The van der Waals surface area contributed by atoms with Crippen molar-refractivity contribution < 1.29 is 13.2 Å². The van der Waals surface area contributed by atoms with E-state index in [1.165, 1.54) is 0 Å².